The number of carboxylic acid groups (broad SMARTS) is 1. The molecule has 1 amide bonds. The van der Waals surface area contributed by atoms with E-state index in [1.165, 1.54) is 18.3 Å². The molecular formula is C9H10N4O4. The van der Waals surface area contributed by atoms with Crippen LogP contribution < -0.4 is 15.0 Å². The van der Waals surface area contributed by atoms with Crippen molar-refractivity contribution in [3.63, 3.8) is 0 Å². The molecule has 0 saturated carbocycles. The van der Waals surface area contributed by atoms with Crippen LogP contribution >= 0.6 is 0 Å². The lowest BCUT2D eigenvalue weighted by Gasteiger charge is -2.28. The first-order valence-corrected chi connectivity index (χ1v) is 4.77. The minimum atomic E-state index is -1.04. The summed E-state index contributed by atoms with van der Waals surface area (Å²) in [6.45, 7) is -0.361. The SMILES string of the molecule is COc1ncnc2c1NC(=O)CN2CC(=O)O. The van der Waals surface area contributed by atoms with Gasteiger partial charge in [0.2, 0.25) is 11.8 Å². The number of nitrogens with one attached hydrogen (secondary N) is 1. The first kappa shape index (κ1) is 11.1. The Morgan fingerprint density at radius 3 is 3.06 bits per heavy atom. The Hall–Kier alpha value is -2.38. The van der Waals surface area contributed by atoms with Gasteiger partial charge in [-0.05, 0) is 0 Å². The number of fused-ring (bicyclic) bond motifs is 1. The molecule has 1 aromatic heterocycles. The Morgan fingerprint density at radius 1 is 1.65 bits per heavy atom. The van der Waals surface area contributed by atoms with Crippen molar-refractivity contribution in [2.75, 3.05) is 30.4 Å². The number of aliphatic carboxylic acids is 1. The van der Waals surface area contributed by atoms with Gasteiger partial charge in [0.15, 0.2) is 5.82 Å². The van der Waals surface area contributed by atoms with Crippen LogP contribution in [0.4, 0.5) is 11.5 Å². The van der Waals surface area contributed by atoms with Gasteiger partial charge in [-0.25, -0.2) is 4.98 Å². The fourth-order valence-corrected chi connectivity index (χ4v) is 1.59. The van der Waals surface area contributed by atoms with Crippen molar-refractivity contribution in [2.24, 2.45) is 0 Å². The summed E-state index contributed by atoms with van der Waals surface area (Å²) in [5.74, 6) is -0.813. The second-order valence-corrected chi connectivity index (χ2v) is 3.38. The van der Waals surface area contributed by atoms with Crippen molar-refractivity contribution in [1.82, 2.24) is 9.97 Å². The Morgan fingerprint density at radius 2 is 2.41 bits per heavy atom. The number of nitrogens with zero attached hydrogens (tertiary/aromatic N) is 3. The predicted octanol–water partition coefficient (Wildman–Crippen LogP) is -0.672. The zero-order valence-electron chi connectivity index (χ0n) is 9.01. The van der Waals surface area contributed by atoms with E-state index in [0.717, 1.165) is 0 Å². The number of carbonyl (C=O) groups is 2. The van der Waals surface area contributed by atoms with Crippen LogP contribution in [0.1, 0.15) is 0 Å². The van der Waals surface area contributed by atoms with Gasteiger partial charge in [-0.3, -0.25) is 9.59 Å². The van der Waals surface area contributed by atoms with Crippen LogP contribution in [0.2, 0.25) is 0 Å². The second kappa shape index (κ2) is 4.24. The standard InChI is InChI=1S/C9H10N4O4/c1-17-9-7-8(10-4-11-9)13(3-6(15)16)2-5(14)12-7/h4H,2-3H2,1H3,(H,12,14)(H,15,16). The highest BCUT2D eigenvalue weighted by atomic mass is 16.5. The topological polar surface area (TPSA) is 105 Å². The first-order chi connectivity index (χ1) is 8.11. The van der Waals surface area contributed by atoms with Crippen molar-refractivity contribution in [3.05, 3.63) is 6.33 Å². The molecule has 17 heavy (non-hydrogen) atoms. The van der Waals surface area contributed by atoms with Gasteiger partial charge in [-0.2, -0.15) is 4.98 Å². The highest BCUT2D eigenvalue weighted by Gasteiger charge is 2.27. The van der Waals surface area contributed by atoms with Crippen molar-refractivity contribution in [2.45, 2.75) is 0 Å². The number of hydrogen-bond donors (Lipinski definition) is 2. The van der Waals surface area contributed by atoms with Gasteiger partial charge < -0.3 is 20.1 Å². The summed E-state index contributed by atoms with van der Waals surface area (Å²) in [7, 11) is 1.41. The number of anilines is 2. The molecule has 8 heteroatoms. The van der Waals surface area contributed by atoms with Crippen LogP contribution in [0.15, 0.2) is 6.33 Å². The molecule has 1 aliphatic heterocycles. The molecule has 90 valence electrons. The number of methoxy groups -OCH3 is 1. The Labute approximate surface area is 96.2 Å². The summed E-state index contributed by atoms with van der Waals surface area (Å²) in [6, 6.07) is 0. The molecule has 0 saturated heterocycles. The van der Waals surface area contributed by atoms with Crippen LogP contribution in [0.5, 0.6) is 5.88 Å². The number of hydrogen-bond acceptors (Lipinski definition) is 6. The number of aromatic nitrogens is 2. The van der Waals surface area contributed by atoms with E-state index in [0.29, 0.717) is 11.5 Å². The molecule has 0 bridgehead atoms. The number of carbonyl (C=O) groups excluding carboxylic acids is 1. The van der Waals surface area contributed by atoms with Crippen LogP contribution in [0.3, 0.4) is 0 Å². The maximum absolute atomic E-state index is 11.4. The molecule has 2 heterocycles. The molecule has 0 atom stereocenters. The smallest absolute Gasteiger partial charge is 0.323 e. The predicted molar refractivity (Wildman–Crippen MR) is 57.1 cm³/mol. The lowest BCUT2D eigenvalue weighted by molar-refractivity contribution is -0.135. The van der Waals surface area contributed by atoms with Gasteiger partial charge in [-0.1, -0.05) is 0 Å². The lowest BCUT2D eigenvalue weighted by Crippen LogP contribution is -2.41. The summed E-state index contributed by atoms with van der Waals surface area (Å²) in [4.78, 5) is 31.3. The summed E-state index contributed by atoms with van der Waals surface area (Å²) in [5.41, 5.74) is 0.299. The summed E-state index contributed by atoms with van der Waals surface area (Å²) in [5, 5.41) is 11.3. The van der Waals surface area contributed by atoms with Crippen molar-refractivity contribution in [1.29, 1.82) is 0 Å². The van der Waals surface area contributed by atoms with E-state index in [-0.39, 0.29) is 24.9 Å². The molecule has 0 aliphatic carbocycles. The van der Waals surface area contributed by atoms with Crippen molar-refractivity contribution >= 4 is 23.4 Å². The Bertz CT molecular complexity index is 476. The number of carboxylic acids is 1. The van der Waals surface area contributed by atoms with E-state index >= 15 is 0 Å². The third kappa shape index (κ3) is 2.10. The normalized spacial score (nSPS) is 13.9. The molecule has 8 nitrogen and oxygen atoms in total. The van der Waals surface area contributed by atoms with Gasteiger partial charge in [0.25, 0.3) is 0 Å². The molecule has 0 fully saturated rings. The highest BCUT2D eigenvalue weighted by molar-refractivity contribution is 6.02. The minimum Gasteiger partial charge on any atom is -0.480 e. The molecule has 0 aromatic carbocycles. The zero-order valence-corrected chi connectivity index (χ0v) is 9.01. The number of ether oxygens (including phenoxy) is 1. The fraction of sp³-hybridized carbons (Fsp3) is 0.333. The average Bonchev–Trinajstić information content (AvgIpc) is 2.27. The summed E-state index contributed by atoms with van der Waals surface area (Å²) < 4.78 is 4.97. The van der Waals surface area contributed by atoms with E-state index in [1.54, 1.807) is 0 Å². The molecule has 2 rings (SSSR count). The maximum Gasteiger partial charge on any atom is 0.323 e. The summed E-state index contributed by atoms with van der Waals surface area (Å²) >= 11 is 0. The molecule has 1 aliphatic rings. The van der Waals surface area contributed by atoms with Crippen LogP contribution in [0.25, 0.3) is 0 Å². The molecule has 0 unspecified atom stereocenters. The quantitative estimate of drug-likeness (QED) is 0.719. The van der Waals surface area contributed by atoms with Gasteiger partial charge in [-0.15, -0.1) is 0 Å². The van der Waals surface area contributed by atoms with E-state index < -0.39 is 5.97 Å². The second-order valence-electron chi connectivity index (χ2n) is 3.38. The largest absolute Gasteiger partial charge is 0.480 e. The summed E-state index contributed by atoms with van der Waals surface area (Å²) in [6.07, 6.45) is 1.25. The van der Waals surface area contributed by atoms with Crippen LogP contribution in [0, 0.1) is 0 Å². The van der Waals surface area contributed by atoms with Gasteiger partial charge >= 0.3 is 5.97 Å². The number of amides is 1. The molecule has 0 radical (unpaired) electrons. The molecule has 0 spiro atoms. The molecular weight excluding hydrogens is 228 g/mol. The van der Waals surface area contributed by atoms with Gasteiger partial charge in [0.1, 0.15) is 18.6 Å². The van der Waals surface area contributed by atoms with Gasteiger partial charge in [0.05, 0.1) is 13.7 Å². The lowest BCUT2D eigenvalue weighted by atomic mass is 10.3. The third-order valence-electron chi connectivity index (χ3n) is 2.21. The first-order valence-electron chi connectivity index (χ1n) is 4.77. The van der Waals surface area contributed by atoms with Crippen molar-refractivity contribution in [3.8, 4) is 5.88 Å². The maximum atomic E-state index is 11.4. The highest BCUT2D eigenvalue weighted by Crippen LogP contribution is 2.33. The van der Waals surface area contributed by atoms with E-state index in [4.69, 9.17) is 9.84 Å². The van der Waals surface area contributed by atoms with Gasteiger partial charge in [0, 0.05) is 0 Å². The van der Waals surface area contributed by atoms with E-state index in [1.807, 2.05) is 0 Å². The van der Waals surface area contributed by atoms with Crippen LogP contribution in [-0.2, 0) is 9.59 Å². The minimum absolute atomic E-state index is 0.0561. The molecule has 2 N–H and O–H groups in total. The number of rotatable bonds is 3. The van der Waals surface area contributed by atoms with E-state index in [9.17, 15) is 9.59 Å². The fourth-order valence-electron chi connectivity index (χ4n) is 1.59. The Balaban J connectivity index is 2.43. The van der Waals surface area contributed by atoms with Crippen LogP contribution in [-0.4, -0.2) is 47.2 Å². The van der Waals surface area contributed by atoms with E-state index in [2.05, 4.69) is 15.3 Å². The average molecular weight is 238 g/mol. The monoisotopic (exact) mass is 238 g/mol. The zero-order chi connectivity index (χ0) is 12.4. The van der Waals surface area contributed by atoms with Crippen molar-refractivity contribution < 1.29 is 19.4 Å². The Kier molecular flexibility index (Phi) is 2.77. The third-order valence-corrected chi connectivity index (χ3v) is 2.21. The molecule has 1 aromatic rings.